The van der Waals surface area contributed by atoms with Gasteiger partial charge in [-0.3, -0.25) is 4.79 Å². The van der Waals surface area contributed by atoms with Crippen molar-refractivity contribution < 1.29 is 41.7 Å². The molecular formula is C26H22F3NO6. The first kappa shape index (κ1) is 23.8. The van der Waals surface area contributed by atoms with E-state index in [1.165, 1.54) is 31.4 Å². The fraction of sp³-hybridized carbons (Fsp3) is 0.308. The third kappa shape index (κ3) is 4.89. The molecule has 0 bridgehead atoms. The predicted molar refractivity (Wildman–Crippen MR) is 120 cm³/mol. The maximum Gasteiger partial charge on any atom is 0.387 e. The number of hydrogen-bond acceptors (Lipinski definition) is 7. The number of pyridine rings is 1. The number of esters is 1. The van der Waals surface area contributed by atoms with E-state index >= 15 is 0 Å². The van der Waals surface area contributed by atoms with Gasteiger partial charge in [0, 0.05) is 34.7 Å². The van der Waals surface area contributed by atoms with Crippen LogP contribution in [0, 0.1) is 5.82 Å². The number of rotatable bonds is 8. The first-order valence-electron chi connectivity index (χ1n) is 11.3. The maximum absolute atomic E-state index is 14.9. The van der Waals surface area contributed by atoms with Crippen molar-refractivity contribution in [2.24, 2.45) is 0 Å². The van der Waals surface area contributed by atoms with Crippen LogP contribution in [0.5, 0.6) is 28.9 Å². The number of ether oxygens (including phenoxy) is 5. The molecule has 1 aliphatic carbocycles. The highest BCUT2D eigenvalue weighted by Gasteiger charge is 2.32. The molecule has 0 saturated heterocycles. The van der Waals surface area contributed by atoms with Crippen molar-refractivity contribution in [3.05, 3.63) is 71.2 Å². The zero-order valence-electron chi connectivity index (χ0n) is 19.2. The van der Waals surface area contributed by atoms with Gasteiger partial charge in [0.25, 0.3) is 0 Å². The third-order valence-corrected chi connectivity index (χ3v) is 6.17. The molecule has 0 fully saturated rings. The summed E-state index contributed by atoms with van der Waals surface area (Å²) in [4.78, 5) is 15.6. The SMILES string of the molecule is COC(=O)C[C@@H]1COc2cc(O[C@@H]3CCc4c(Oc5ccc(OC(F)F)cn5)ccc(F)c43)ccc21. The molecular weight excluding hydrogens is 479 g/mol. The van der Waals surface area contributed by atoms with Crippen molar-refractivity contribution in [3.8, 4) is 28.9 Å². The summed E-state index contributed by atoms with van der Waals surface area (Å²) in [7, 11) is 1.35. The van der Waals surface area contributed by atoms with E-state index in [0.717, 1.165) is 11.8 Å². The minimum Gasteiger partial charge on any atom is -0.492 e. The van der Waals surface area contributed by atoms with Gasteiger partial charge in [0.2, 0.25) is 5.88 Å². The molecule has 188 valence electrons. The number of carbonyl (C=O) groups is 1. The van der Waals surface area contributed by atoms with Gasteiger partial charge in [-0.2, -0.15) is 8.78 Å². The lowest BCUT2D eigenvalue weighted by Gasteiger charge is -2.17. The summed E-state index contributed by atoms with van der Waals surface area (Å²) in [5, 5.41) is 0. The van der Waals surface area contributed by atoms with Crippen LogP contribution < -0.4 is 18.9 Å². The summed E-state index contributed by atoms with van der Waals surface area (Å²) in [6.45, 7) is -2.58. The normalized spacial score (nSPS) is 17.8. The van der Waals surface area contributed by atoms with Gasteiger partial charge in [0.1, 0.15) is 34.9 Å². The Balaban J connectivity index is 1.31. The Morgan fingerprint density at radius 1 is 1.17 bits per heavy atom. The van der Waals surface area contributed by atoms with Gasteiger partial charge in [-0.05, 0) is 37.1 Å². The van der Waals surface area contributed by atoms with E-state index in [9.17, 15) is 18.0 Å². The summed E-state index contributed by atoms with van der Waals surface area (Å²) < 4.78 is 66.2. The minimum absolute atomic E-state index is 0.0875. The summed E-state index contributed by atoms with van der Waals surface area (Å²) in [5.41, 5.74) is 1.96. The molecule has 5 rings (SSSR count). The molecule has 1 aromatic heterocycles. The fourth-order valence-corrected chi connectivity index (χ4v) is 4.52. The van der Waals surface area contributed by atoms with E-state index in [1.807, 2.05) is 6.07 Å². The van der Waals surface area contributed by atoms with Crippen LogP contribution in [0.3, 0.4) is 0 Å². The number of aromatic nitrogens is 1. The van der Waals surface area contributed by atoms with Crippen LogP contribution in [-0.4, -0.2) is 31.3 Å². The molecule has 0 spiro atoms. The molecule has 0 unspecified atom stereocenters. The van der Waals surface area contributed by atoms with Crippen LogP contribution in [0.25, 0.3) is 0 Å². The average Bonchev–Trinajstić information content (AvgIpc) is 3.46. The number of carbonyl (C=O) groups excluding carboxylic acids is 1. The Labute approximate surface area is 204 Å². The van der Waals surface area contributed by atoms with Gasteiger partial charge in [-0.1, -0.05) is 6.07 Å². The van der Waals surface area contributed by atoms with Gasteiger partial charge >= 0.3 is 12.6 Å². The van der Waals surface area contributed by atoms with Gasteiger partial charge in [-0.15, -0.1) is 0 Å². The predicted octanol–water partition coefficient (Wildman–Crippen LogP) is 5.72. The van der Waals surface area contributed by atoms with Crippen molar-refractivity contribution in [2.45, 2.75) is 37.9 Å². The van der Waals surface area contributed by atoms with Crippen LogP contribution in [0.4, 0.5) is 13.2 Å². The Bertz CT molecular complexity index is 1270. The first-order chi connectivity index (χ1) is 17.4. The van der Waals surface area contributed by atoms with E-state index in [0.29, 0.717) is 47.8 Å². The number of hydrogen-bond donors (Lipinski definition) is 0. The van der Waals surface area contributed by atoms with E-state index < -0.39 is 18.5 Å². The van der Waals surface area contributed by atoms with Crippen LogP contribution in [0.1, 0.15) is 41.6 Å². The largest absolute Gasteiger partial charge is 0.492 e. The van der Waals surface area contributed by atoms with Crippen LogP contribution >= 0.6 is 0 Å². The molecule has 1 aliphatic heterocycles. The molecule has 3 aromatic rings. The maximum atomic E-state index is 14.9. The number of benzene rings is 2. The Kier molecular flexibility index (Phi) is 6.58. The molecule has 10 heteroatoms. The molecule has 2 heterocycles. The Morgan fingerprint density at radius 3 is 2.75 bits per heavy atom. The smallest absolute Gasteiger partial charge is 0.387 e. The quantitative estimate of drug-likeness (QED) is 0.366. The zero-order chi connectivity index (χ0) is 25.2. The number of nitrogens with zero attached hydrogens (tertiary/aromatic N) is 1. The van der Waals surface area contributed by atoms with Crippen molar-refractivity contribution >= 4 is 5.97 Å². The summed E-state index contributed by atoms with van der Waals surface area (Å²) >= 11 is 0. The molecule has 2 aliphatic rings. The molecule has 0 radical (unpaired) electrons. The molecule has 2 atom stereocenters. The zero-order valence-corrected chi connectivity index (χ0v) is 19.2. The van der Waals surface area contributed by atoms with Crippen molar-refractivity contribution in [2.75, 3.05) is 13.7 Å². The lowest BCUT2D eigenvalue weighted by molar-refractivity contribution is -0.141. The van der Waals surface area contributed by atoms with Crippen LogP contribution in [0.15, 0.2) is 48.7 Å². The lowest BCUT2D eigenvalue weighted by atomic mass is 9.98. The monoisotopic (exact) mass is 501 g/mol. The minimum atomic E-state index is -2.95. The second kappa shape index (κ2) is 9.96. The standard InChI is InChI=1S/C26H22F3NO6/c1-32-24(31)10-14-13-33-22-11-15(2-4-17(14)22)34-21-7-5-18-20(8-6-19(27)25(18)21)36-23-9-3-16(12-30-23)35-26(28)29/h2-4,6,8-9,11-12,14,21,26H,5,7,10,13H2,1H3/t14-,21-/m1/s1. The van der Waals surface area contributed by atoms with E-state index in [4.69, 9.17) is 18.9 Å². The molecule has 36 heavy (non-hydrogen) atoms. The molecule has 0 saturated carbocycles. The van der Waals surface area contributed by atoms with Crippen LogP contribution in [0.2, 0.25) is 0 Å². The van der Waals surface area contributed by atoms with Crippen molar-refractivity contribution in [1.29, 1.82) is 0 Å². The molecule has 2 aromatic carbocycles. The summed E-state index contributed by atoms with van der Waals surface area (Å²) in [6.07, 6.45) is 1.86. The molecule has 0 N–H and O–H groups in total. The third-order valence-electron chi connectivity index (χ3n) is 6.17. The Hall–Kier alpha value is -3.95. The second-order valence-corrected chi connectivity index (χ2v) is 8.38. The number of methoxy groups -OCH3 is 1. The summed E-state index contributed by atoms with van der Waals surface area (Å²) in [6, 6.07) is 10.9. The number of halogens is 3. The second-order valence-electron chi connectivity index (χ2n) is 8.38. The van der Waals surface area contributed by atoms with Gasteiger partial charge in [-0.25, -0.2) is 9.37 Å². The first-order valence-corrected chi connectivity index (χ1v) is 11.3. The van der Waals surface area contributed by atoms with Crippen molar-refractivity contribution in [3.63, 3.8) is 0 Å². The lowest BCUT2D eigenvalue weighted by Crippen LogP contribution is -2.09. The van der Waals surface area contributed by atoms with Gasteiger partial charge in [0.15, 0.2) is 0 Å². The number of alkyl halides is 2. The molecule has 0 amide bonds. The highest BCUT2D eigenvalue weighted by molar-refractivity contribution is 5.71. The van der Waals surface area contributed by atoms with E-state index in [1.54, 1.807) is 12.1 Å². The highest BCUT2D eigenvalue weighted by atomic mass is 19.3. The average molecular weight is 501 g/mol. The fourth-order valence-electron chi connectivity index (χ4n) is 4.52. The van der Waals surface area contributed by atoms with E-state index in [-0.39, 0.29) is 29.9 Å². The summed E-state index contributed by atoms with van der Waals surface area (Å²) in [5.74, 6) is 0.822. The van der Waals surface area contributed by atoms with E-state index in [2.05, 4.69) is 9.72 Å². The van der Waals surface area contributed by atoms with Crippen molar-refractivity contribution in [1.82, 2.24) is 4.98 Å². The molecule has 7 nitrogen and oxygen atoms in total. The highest BCUT2D eigenvalue weighted by Crippen LogP contribution is 2.44. The topological polar surface area (TPSA) is 76.1 Å². The van der Waals surface area contributed by atoms with Gasteiger partial charge < -0.3 is 23.7 Å². The van der Waals surface area contributed by atoms with Crippen LogP contribution in [-0.2, 0) is 16.0 Å². The number of fused-ring (bicyclic) bond motifs is 2. The Morgan fingerprint density at radius 2 is 2.00 bits per heavy atom. The van der Waals surface area contributed by atoms with Gasteiger partial charge in [0.05, 0.1) is 26.3 Å².